The fraction of sp³-hybridized carbons (Fsp3) is 0.621. The molecule has 1 aromatic heterocycles. The minimum absolute atomic E-state index is 0.00832. The van der Waals surface area contributed by atoms with Crippen molar-refractivity contribution in [2.24, 2.45) is 5.92 Å². The molecule has 1 spiro atoms. The van der Waals surface area contributed by atoms with E-state index in [1.807, 2.05) is 32.6 Å². The summed E-state index contributed by atoms with van der Waals surface area (Å²) >= 11 is 0. The predicted molar refractivity (Wildman–Crippen MR) is 143 cm³/mol. The molecule has 2 aromatic rings. The third kappa shape index (κ3) is 5.71. The summed E-state index contributed by atoms with van der Waals surface area (Å²) in [5.74, 6) is 0.172. The first-order chi connectivity index (χ1) is 18.4. The minimum atomic E-state index is -4.41. The number of piperazine rings is 1. The van der Waals surface area contributed by atoms with Crippen LogP contribution >= 0.6 is 0 Å². The summed E-state index contributed by atoms with van der Waals surface area (Å²) in [7, 11) is 0. The Morgan fingerprint density at radius 1 is 1.10 bits per heavy atom. The molecule has 2 unspecified atom stereocenters. The summed E-state index contributed by atoms with van der Waals surface area (Å²) in [5, 5.41) is 10.4. The second kappa shape index (κ2) is 11.3. The maximum absolute atomic E-state index is 13.7. The van der Waals surface area contributed by atoms with Crippen LogP contribution in [0.5, 0.6) is 0 Å². The lowest BCUT2D eigenvalue weighted by Crippen LogP contribution is -2.73. The van der Waals surface area contributed by atoms with Crippen LogP contribution in [0, 0.1) is 19.8 Å². The van der Waals surface area contributed by atoms with Gasteiger partial charge >= 0.3 is 6.18 Å². The van der Waals surface area contributed by atoms with Gasteiger partial charge in [-0.25, -0.2) is 0 Å². The number of carbonyl (C=O) groups excluding carboxylic acids is 2. The highest BCUT2D eigenvalue weighted by molar-refractivity contribution is 6.00. The van der Waals surface area contributed by atoms with Crippen molar-refractivity contribution >= 4 is 11.8 Å². The first-order valence-corrected chi connectivity index (χ1v) is 13.9. The molecule has 2 aliphatic rings. The molecule has 10 heteroatoms. The van der Waals surface area contributed by atoms with E-state index in [-0.39, 0.29) is 23.8 Å². The fourth-order valence-electron chi connectivity index (χ4n) is 6.17. The maximum atomic E-state index is 13.7. The summed E-state index contributed by atoms with van der Waals surface area (Å²) in [4.78, 5) is 31.3. The molecule has 214 valence electrons. The Morgan fingerprint density at radius 2 is 1.74 bits per heavy atom. The Balaban J connectivity index is 1.64. The topological polar surface area (TPSA) is 81.3 Å². The Bertz CT molecular complexity index is 1150. The average Bonchev–Trinajstić information content (AvgIpc) is 3.21. The molecule has 2 atom stereocenters. The third-order valence-corrected chi connectivity index (χ3v) is 8.25. The number of aromatic amines is 1. The molecule has 2 N–H and O–H groups in total. The Labute approximate surface area is 228 Å². The number of amides is 2. The van der Waals surface area contributed by atoms with Crippen LogP contribution in [-0.4, -0.2) is 63.0 Å². The number of hydrogen-bond donors (Lipinski definition) is 2. The number of alkyl halides is 3. The van der Waals surface area contributed by atoms with Crippen LogP contribution in [0.3, 0.4) is 0 Å². The van der Waals surface area contributed by atoms with Crippen LogP contribution in [0.4, 0.5) is 13.2 Å². The van der Waals surface area contributed by atoms with E-state index in [2.05, 4.69) is 27.3 Å². The normalized spacial score (nSPS) is 21.1. The Kier molecular flexibility index (Phi) is 8.44. The van der Waals surface area contributed by atoms with Gasteiger partial charge in [-0.15, -0.1) is 0 Å². The number of aromatic nitrogens is 2. The van der Waals surface area contributed by atoms with E-state index in [0.717, 1.165) is 47.5 Å². The SMILES string of the molecule is CCCCN1C(=O)C(CC(C)C)NC(=O)C12CCN(C(c1ccc(C(F)(F)F)cc1)c1c(C)n[nH]c1C)CC2. The number of likely N-dealkylation sites (tertiary alicyclic amines) is 1. The number of unbranched alkanes of at least 4 members (excludes halogenated alkanes) is 1. The van der Waals surface area contributed by atoms with E-state index in [1.54, 1.807) is 0 Å². The molecule has 0 bridgehead atoms. The first-order valence-electron chi connectivity index (χ1n) is 13.9. The van der Waals surface area contributed by atoms with E-state index < -0.39 is 23.3 Å². The zero-order valence-corrected chi connectivity index (χ0v) is 23.5. The van der Waals surface area contributed by atoms with Gasteiger partial charge in [-0.3, -0.25) is 19.6 Å². The highest BCUT2D eigenvalue weighted by atomic mass is 19.4. The van der Waals surface area contributed by atoms with E-state index in [0.29, 0.717) is 38.9 Å². The molecule has 39 heavy (non-hydrogen) atoms. The molecular weight excluding hydrogens is 507 g/mol. The largest absolute Gasteiger partial charge is 0.416 e. The van der Waals surface area contributed by atoms with Crippen molar-refractivity contribution in [3.63, 3.8) is 0 Å². The minimum Gasteiger partial charge on any atom is -0.342 e. The fourth-order valence-corrected chi connectivity index (χ4v) is 6.17. The van der Waals surface area contributed by atoms with Gasteiger partial charge in [-0.2, -0.15) is 18.3 Å². The third-order valence-electron chi connectivity index (χ3n) is 8.25. The monoisotopic (exact) mass is 547 g/mol. The molecule has 2 amide bonds. The van der Waals surface area contributed by atoms with Gasteiger partial charge in [0.05, 0.1) is 17.3 Å². The maximum Gasteiger partial charge on any atom is 0.416 e. The van der Waals surface area contributed by atoms with E-state index in [4.69, 9.17) is 0 Å². The van der Waals surface area contributed by atoms with E-state index in [1.165, 1.54) is 12.1 Å². The number of piperidine rings is 1. The number of rotatable bonds is 8. The lowest BCUT2D eigenvalue weighted by atomic mass is 9.79. The van der Waals surface area contributed by atoms with Gasteiger partial charge in [0.15, 0.2) is 0 Å². The molecule has 0 radical (unpaired) electrons. The number of nitrogens with one attached hydrogen (secondary N) is 2. The zero-order chi connectivity index (χ0) is 28.5. The molecule has 2 aliphatic heterocycles. The van der Waals surface area contributed by atoms with Gasteiger partial charge in [0, 0.05) is 30.9 Å². The van der Waals surface area contributed by atoms with Gasteiger partial charge in [-0.1, -0.05) is 39.3 Å². The average molecular weight is 548 g/mol. The van der Waals surface area contributed by atoms with Crippen LogP contribution in [0.25, 0.3) is 0 Å². The lowest BCUT2D eigenvalue weighted by Gasteiger charge is -2.52. The second-order valence-electron chi connectivity index (χ2n) is 11.4. The number of H-pyrrole nitrogens is 1. The van der Waals surface area contributed by atoms with Crippen LogP contribution in [-0.2, 0) is 15.8 Å². The zero-order valence-electron chi connectivity index (χ0n) is 23.5. The molecular formula is C29H40F3N5O2. The number of nitrogens with zero attached hydrogens (tertiary/aromatic N) is 3. The van der Waals surface area contributed by atoms with Crippen molar-refractivity contribution in [2.45, 2.75) is 90.5 Å². The Hall–Kier alpha value is -2.88. The molecule has 2 fully saturated rings. The number of hydrogen-bond acceptors (Lipinski definition) is 4. The van der Waals surface area contributed by atoms with Gasteiger partial charge < -0.3 is 10.2 Å². The van der Waals surface area contributed by atoms with Crippen molar-refractivity contribution in [2.75, 3.05) is 19.6 Å². The van der Waals surface area contributed by atoms with Crippen molar-refractivity contribution in [3.8, 4) is 0 Å². The highest BCUT2D eigenvalue weighted by Crippen LogP contribution is 2.40. The molecule has 2 saturated heterocycles. The summed E-state index contributed by atoms with van der Waals surface area (Å²) < 4.78 is 39.8. The van der Waals surface area contributed by atoms with Crippen LogP contribution in [0.15, 0.2) is 24.3 Å². The van der Waals surface area contributed by atoms with Crippen molar-refractivity contribution in [3.05, 3.63) is 52.3 Å². The quantitative estimate of drug-likeness (QED) is 0.480. The summed E-state index contributed by atoms with van der Waals surface area (Å²) in [6.45, 7) is 11.5. The van der Waals surface area contributed by atoms with Crippen LogP contribution < -0.4 is 5.32 Å². The van der Waals surface area contributed by atoms with E-state index in [9.17, 15) is 22.8 Å². The predicted octanol–water partition coefficient (Wildman–Crippen LogP) is 5.14. The second-order valence-corrected chi connectivity index (χ2v) is 11.4. The number of halogens is 3. The number of aryl methyl sites for hydroxylation is 2. The Morgan fingerprint density at radius 3 is 2.26 bits per heavy atom. The smallest absolute Gasteiger partial charge is 0.342 e. The van der Waals surface area contributed by atoms with Gasteiger partial charge in [0.1, 0.15) is 11.6 Å². The molecule has 3 heterocycles. The summed E-state index contributed by atoms with van der Waals surface area (Å²) in [6.07, 6.45) is -1.17. The number of carbonyl (C=O) groups is 2. The van der Waals surface area contributed by atoms with Crippen LogP contribution in [0.2, 0.25) is 0 Å². The molecule has 7 nitrogen and oxygen atoms in total. The standard InChI is InChI=1S/C29H40F3N5O2/c1-6-7-14-37-26(38)23(17-18(2)3)33-27(39)28(37)12-15-36(16-13-28)25(24-19(4)34-35-20(24)5)21-8-10-22(11-9-21)29(30,31)32/h8-11,18,23,25H,6-7,12-17H2,1-5H3,(H,33,39)(H,34,35). The summed E-state index contributed by atoms with van der Waals surface area (Å²) in [6, 6.07) is 4.47. The molecule has 4 rings (SSSR count). The number of benzene rings is 1. The summed E-state index contributed by atoms with van der Waals surface area (Å²) in [5.41, 5.74) is 1.68. The van der Waals surface area contributed by atoms with Gasteiger partial charge in [0.2, 0.25) is 11.8 Å². The van der Waals surface area contributed by atoms with Gasteiger partial charge in [-0.05, 0) is 63.1 Å². The molecule has 0 aliphatic carbocycles. The van der Waals surface area contributed by atoms with E-state index >= 15 is 0 Å². The molecule has 0 saturated carbocycles. The molecule has 1 aromatic carbocycles. The van der Waals surface area contributed by atoms with Crippen molar-refractivity contribution in [1.29, 1.82) is 0 Å². The van der Waals surface area contributed by atoms with Crippen LogP contribution in [0.1, 0.15) is 87.0 Å². The van der Waals surface area contributed by atoms with Crippen molar-refractivity contribution < 1.29 is 22.8 Å². The van der Waals surface area contributed by atoms with Gasteiger partial charge in [0.25, 0.3) is 0 Å². The highest BCUT2D eigenvalue weighted by Gasteiger charge is 2.54. The first kappa shape index (κ1) is 29.1. The van der Waals surface area contributed by atoms with Crippen molar-refractivity contribution in [1.82, 2.24) is 25.3 Å². The lowest BCUT2D eigenvalue weighted by molar-refractivity contribution is -0.162.